The van der Waals surface area contributed by atoms with Gasteiger partial charge in [-0.2, -0.15) is 5.10 Å². The molecule has 2 aromatic heterocycles. The molecule has 0 spiro atoms. The number of thiazole rings is 1. The fourth-order valence-electron chi connectivity index (χ4n) is 2.79. The molecule has 1 aliphatic heterocycles. The fraction of sp³-hybridized carbons (Fsp3) is 0.643. The summed E-state index contributed by atoms with van der Waals surface area (Å²) in [4.78, 5) is 14.6. The molecular weight excluding hydrogens is 284 g/mol. The zero-order valence-corrected chi connectivity index (χ0v) is 13.5. The third kappa shape index (κ3) is 3.87. The predicted octanol–water partition coefficient (Wildman–Crippen LogP) is 1.63. The minimum Gasteiger partial charge on any atom is -0.304 e. The maximum Gasteiger partial charge on any atom is 0.137 e. The van der Waals surface area contributed by atoms with Crippen LogP contribution in [-0.2, 0) is 13.1 Å². The average Bonchev–Trinajstić information content (AvgIpc) is 3.10. The second kappa shape index (κ2) is 6.64. The minimum absolute atomic E-state index is 0.447. The molecule has 0 radical (unpaired) electrons. The molecule has 1 saturated heterocycles. The summed E-state index contributed by atoms with van der Waals surface area (Å²) in [5.41, 5.74) is 0. The Bertz CT molecular complexity index is 550. The summed E-state index contributed by atoms with van der Waals surface area (Å²) in [6.07, 6.45) is 7.85. The van der Waals surface area contributed by atoms with Gasteiger partial charge in [0.05, 0.1) is 12.6 Å². The largest absolute Gasteiger partial charge is 0.304 e. The van der Waals surface area contributed by atoms with Crippen LogP contribution in [0.3, 0.4) is 0 Å². The van der Waals surface area contributed by atoms with Gasteiger partial charge in [0.25, 0.3) is 0 Å². The van der Waals surface area contributed by atoms with E-state index in [1.54, 1.807) is 6.33 Å². The summed E-state index contributed by atoms with van der Waals surface area (Å²) in [6.45, 7) is 4.10. The maximum absolute atomic E-state index is 4.57. The first-order chi connectivity index (χ1) is 10.2. The van der Waals surface area contributed by atoms with Gasteiger partial charge in [-0.1, -0.05) is 0 Å². The van der Waals surface area contributed by atoms with Crippen molar-refractivity contribution in [2.45, 2.75) is 32.0 Å². The van der Waals surface area contributed by atoms with Gasteiger partial charge in [0.1, 0.15) is 17.7 Å². The Morgan fingerprint density at radius 1 is 1.43 bits per heavy atom. The first-order valence-electron chi connectivity index (χ1n) is 7.35. The summed E-state index contributed by atoms with van der Waals surface area (Å²) in [5, 5.41) is 5.49. The number of hydrogen-bond acceptors (Lipinski definition) is 6. The number of rotatable bonds is 5. The maximum atomic E-state index is 4.57. The number of piperidine rings is 1. The molecule has 1 fully saturated rings. The Morgan fingerprint density at radius 3 is 3.10 bits per heavy atom. The molecule has 1 unspecified atom stereocenters. The molecule has 6 nitrogen and oxygen atoms in total. The van der Waals surface area contributed by atoms with Crippen molar-refractivity contribution in [2.75, 3.05) is 27.2 Å². The highest BCUT2D eigenvalue weighted by Gasteiger charge is 2.22. The van der Waals surface area contributed by atoms with E-state index in [0.717, 1.165) is 26.2 Å². The highest BCUT2D eigenvalue weighted by atomic mass is 32.1. The molecule has 114 valence electrons. The Morgan fingerprint density at radius 2 is 2.33 bits per heavy atom. The van der Waals surface area contributed by atoms with Crippen LogP contribution in [0.1, 0.15) is 28.8 Å². The van der Waals surface area contributed by atoms with Gasteiger partial charge >= 0.3 is 0 Å². The molecule has 0 N–H and O–H groups in total. The zero-order valence-electron chi connectivity index (χ0n) is 12.6. The van der Waals surface area contributed by atoms with E-state index in [1.165, 1.54) is 22.7 Å². The van der Waals surface area contributed by atoms with Crippen molar-refractivity contribution in [3.05, 3.63) is 28.7 Å². The lowest BCUT2D eigenvalue weighted by Gasteiger charge is -2.31. The second-order valence-electron chi connectivity index (χ2n) is 5.86. The standard InChI is InChI=1S/C14H22N6S/c1-18(2)8-13-6-16-14(21-13)9-19-5-3-4-12(7-19)20-11-15-10-17-20/h6,10-12H,3-5,7-9H2,1-2H3. The SMILES string of the molecule is CN(C)Cc1cnc(CN2CCCC(n3cncn3)C2)s1. The monoisotopic (exact) mass is 306 g/mol. The van der Waals surface area contributed by atoms with E-state index in [1.807, 2.05) is 28.5 Å². The molecule has 0 aromatic carbocycles. The molecule has 0 bridgehead atoms. The van der Waals surface area contributed by atoms with Gasteiger partial charge < -0.3 is 4.90 Å². The van der Waals surface area contributed by atoms with Crippen molar-refractivity contribution >= 4 is 11.3 Å². The van der Waals surface area contributed by atoms with Gasteiger partial charge in [0.2, 0.25) is 0 Å². The van der Waals surface area contributed by atoms with Crippen LogP contribution < -0.4 is 0 Å². The van der Waals surface area contributed by atoms with Crippen LogP contribution in [0.2, 0.25) is 0 Å². The predicted molar refractivity (Wildman–Crippen MR) is 83.1 cm³/mol. The number of nitrogens with zero attached hydrogens (tertiary/aromatic N) is 6. The minimum atomic E-state index is 0.447. The molecular formula is C14H22N6S. The van der Waals surface area contributed by atoms with E-state index >= 15 is 0 Å². The van der Waals surface area contributed by atoms with Crippen LogP contribution in [0, 0.1) is 0 Å². The van der Waals surface area contributed by atoms with Gasteiger partial charge in [-0.05, 0) is 33.5 Å². The Labute approximate surface area is 129 Å². The molecule has 2 aromatic rings. The molecule has 0 amide bonds. The number of likely N-dealkylation sites (tertiary alicyclic amines) is 1. The quantitative estimate of drug-likeness (QED) is 0.840. The molecule has 3 rings (SSSR count). The lowest BCUT2D eigenvalue weighted by molar-refractivity contribution is 0.163. The fourth-order valence-corrected chi connectivity index (χ4v) is 3.88. The highest BCUT2D eigenvalue weighted by molar-refractivity contribution is 7.11. The van der Waals surface area contributed by atoms with Crippen molar-refractivity contribution in [2.24, 2.45) is 0 Å². The molecule has 3 heterocycles. The van der Waals surface area contributed by atoms with E-state index in [4.69, 9.17) is 0 Å². The smallest absolute Gasteiger partial charge is 0.137 e. The third-order valence-corrected chi connectivity index (χ3v) is 4.69. The zero-order chi connectivity index (χ0) is 14.7. The molecule has 21 heavy (non-hydrogen) atoms. The molecule has 7 heteroatoms. The van der Waals surface area contributed by atoms with E-state index in [2.05, 4.69) is 39.0 Å². The lowest BCUT2D eigenvalue weighted by atomic mass is 10.1. The van der Waals surface area contributed by atoms with Gasteiger partial charge in [0.15, 0.2) is 0 Å². The van der Waals surface area contributed by atoms with Crippen molar-refractivity contribution < 1.29 is 0 Å². The van der Waals surface area contributed by atoms with Crippen molar-refractivity contribution in [1.29, 1.82) is 0 Å². The van der Waals surface area contributed by atoms with E-state index in [-0.39, 0.29) is 0 Å². The van der Waals surface area contributed by atoms with Crippen LogP contribution in [0.15, 0.2) is 18.9 Å². The normalized spacial score (nSPS) is 20.2. The van der Waals surface area contributed by atoms with Crippen LogP contribution in [0.5, 0.6) is 0 Å². The molecule has 1 atom stereocenters. The van der Waals surface area contributed by atoms with Crippen LogP contribution in [-0.4, -0.2) is 56.7 Å². The van der Waals surface area contributed by atoms with Gasteiger partial charge in [-0.3, -0.25) is 4.90 Å². The average molecular weight is 306 g/mol. The van der Waals surface area contributed by atoms with E-state index in [9.17, 15) is 0 Å². The summed E-state index contributed by atoms with van der Waals surface area (Å²) in [6, 6.07) is 0.447. The van der Waals surface area contributed by atoms with Crippen LogP contribution >= 0.6 is 11.3 Å². The molecule has 0 aliphatic carbocycles. The van der Waals surface area contributed by atoms with Crippen LogP contribution in [0.25, 0.3) is 0 Å². The molecule has 0 saturated carbocycles. The lowest BCUT2D eigenvalue weighted by Crippen LogP contribution is -2.36. The topological polar surface area (TPSA) is 50.1 Å². The van der Waals surface area contributed by atoms with Crippen molar-refractivity contribution in [3.63, 3.8) is 0 Å². The number of hydrogen-bond donors (Lipinski definition) is 0. The van der Waals surface area contributed by atoms with Crippen LogP contribution in [0.4, 0.5) is 0 Å². The van der Waals surface area contributed by atoms with Crippen molar-refractivity contribution in [1.82, 2.24) is 29.5 Å². The summed E-state index contributed by atoms with van der Waals surface area (Å²) in [7, 11) is 4.18. The molecule has 1 aliphatic rings. The first-order valence-corrected chi connectivity index (χ1v) is 8.17. The van der Waals surface area contributed by atoms with Crippen molar-refractivity contribution in [3.8, 4) is 0 Å². The first kappa shape index (κ1) is 14.6. The summed E-state index contributed by atoms with van der Waals surface area (Å²) in [5.74, 6) is 0. The van der Waals surface area contributed by atoms with Gasteiger partial charge in [-0.15, -0.1) is 11.3 Å². The summed E-state index contributed by atoms with van der Waals surface area (Å²) < 4.78 is 1.99. The highest BCUT2D eigenvalue weighted by Crippen LogP contribution is 2.23. The Kier molecular flexibility index (Phi) is 4.62. The van der Waals surface area contributed by atoms with E-state index in [0.29, 0.717) is 6.04 Å². The Balaban J connectivity index is 1.58. The second-order valence-corrected chi connectivity index (χ2v) is 7.06. The Hall–Kier alpha value is -1.31. The van der Waals surface area contributed by atoms with E-state index < -0.39 is 0 Å². The van der Waals surface area contributed by atoms with Gasteiger partial charge in [-0.25, -0.2) is 14.6 Å². The number of aromatic nitrogens is 4. The van der Waals surface area contributed by atoms with Gasteiger partial charge in [0, 0.05) is 24.2 Å². The third-order valence-electron chi connectivity index (χ3n) is 3.72. The summed E-state index contributed by atoms with van der Waals surface area (Å²) >= 11 is 1.82.